The molecule has 6 nitrogen and oxygen atoms in total. The van der Waals surface area contributed by atoms with Crippen LogP contribution in [-0.4, -0.2) is 27.6 Å². The lowest BCUT2D eigenvalue weighted by molar-refractivity contribution is 0.0937. The van der Waals surface area contributed by atoms with Gasteiger partial charge in [0.25, 0.3) is 5.91 Å². The molecule has 1 N–H and O–H groups in total. The number of benzene rings is 1. The molecular weight excluding hydrogens is 328 g/mol. The zero-order valence-electron chi connectivity index (χ0n) is 13.4. The van der Waals surface area contributed by atoms with Crippen LogP contribution in [0.4, 0.5) is 0 Å². The maximum Gasteiger partial charge on any atom is 0.257 e. The van der Waals surface area contributed by atoms with Crippen molar-refractivity contribution in [1.29, 1.82) is 0 Å². The topological polar surface area (TPSA) is 68.5 Å². The second-order valence-corrected chi connectivity index (χ2v) is 5.74. The van der Waals surface area contributed by atoms with E-state index in [2.05, 4.69) is 15.4 Å². The first-order valence-electron chi connectivity index (χ1n) is 7.56. The Kier molecular flexibility index (Phi) is 4.66. The fraction of sp³-hybridized carbons (Fsp3) is 0.235. The van der Waals surface area contributed by atoms with Gasteiger partial charge in [0, 0.05) is 6.20 Å². The van der Waals surface area contributed by atoms with Crippen LogP contribution in [0.15, 0.2) is 42.9 Å². The zero-order chi connectivity index (χ0) is 17.1. The van der Waals surface area contributed by atoms with E-state index in [4.69, 9.17) is 16.3 Å². The molecule has 0 saturated heterocycles. The maximum atomic E-state index is 12.6. The van der Waals surface area contributed by atoms with Gasteiger partial charge in [-0.05, 0) is 24.1 Å². The van der Waals surface area contributed by atoms with Gasteiger partial charge in [0.05, 0.1) is 30.6 Å². The Morgan fingerprint density at radius 3 is 2.75 bits per heavy atom. The summed E-state index contributed by atoms with van der Waals surface area (Å²) in [5.41, 5.74) is 1.90. The molecule has 1 aromatic carbocycles. The van der Waals surface area contributed by atoms with Gasteiger partial charge in [0.2, 0.25) is 0 Å². The van der Waals surface area contributed by atoms with Gasteiger partial charge in [-0.1, -0.05) is 30.7 Å². The molecule has 0 radical (unpaired) electrons. The fourth-order valence-corrected chi connectivity index (χ4v) is 2.65. The van der Waals surface area contributed by atoms with Crippen LogP contribution in [0.2, 0.25) is 5.02 Å². The highest BCUT2D eigenvalue weighted by molar-refractivity contribution is 6.30. The van der Waals surface area contributed by atoms with Gasteiger partial charge in [-0.25, -0.2) is 9.50 Å². The van der Waals surface area contributed by atoms with Crippen molar-refractivity contribution >= 4 is 23.2 Å². The molecule has 0 aliphatic carbocycles. The number of halogens is 1. The molecule has 0 fully saturated rings. The third-order valence-corrected chi connectivity index (χ3v) is 4.00. The standard InChI is InChI=1S/C17H17ClN4O2/c1-3-15(11-4-6-13(24-2)7-5-11)21-17(23)14-9-20-22-10-12(18)8-19-16(14)22/h4-10,15H,3H2,1-2H3,(H,21,23). The number of ether oxygens (including phenoxy) is 1. The van der Waals surface area contributed by atoms with Gasteiger partial charge in [0.15, 0.2) is 5.65 Å². The van der Waals surface area contributed by atoms with Crippen LogP contribution in [0.1, 0.15) is 35.3 Å². The summed E-state index contributed by atoms with van der Waals surface area (Å²) in [6.07, 6.45) is 5.36. The van der Waals surface area contributed by atoms with Crippen molar-refractivity contribution in [3.05, 3.63) is 59.0 Å². The minimum Gasteiger partial charge on any atom is -0.497 e. The number of hydrogen-bond donors (Lipinski definition) is 1. The highest BCUT2D eigenvalue weighted by atomic mass is 35.5. The molecule has 7 heteroatoms. The van der Waals surface area contributed by atoms with Crippen molar-refractivity contribution in [3.63, 3.8) is 0 Å². The predicted molar refractivity (Wildman–Crippen MR) is 91.5 cm³/mol. The number of carbonyl (C=O) groups excluding carboxylic acids is 1. The van der Waals surface area contributed by atoms with Gasteiger partial charge in [-0.15, -0.1) is 0 Å². The van der Waals surface area contributed by atoms with Crippen molar-refractivity contribution in [2.45, 2.75) is 19.4 Å². The lowest BCUT2D eigenvalue weighted by atomic mass is 10.0. The van der Waals surface area contributed by atoms with Gasteiger partial charge >= 0.3 is 0 Å². The Bertz CT molecular complexity index is 861. The Morgan fingerprint density at radius 2 is 2.08 bits per heavy atom. The Morgan fingerprint density at radius 1 is 1.33 bits per heavy atom. The highest BCUT2D eigenvalue weighted by Gasteiger charge is 2.18. The summed E-state index contributed by atoms with van der Waals surface area (Å²) >= 11 is 5.88. The monoisotopic (exact) mass is 344 g/mol. The average molecular weight is 345 g/mol. The third-order valence-electron chi connectivity index (χ3n) is 3.80. The van der Waals surface area contributed by atoms with Gasteiger partial charge in [0.1, 0.15) is 11.3 Å². The lowest BCUT2D eigenvalue weighted by Gasteiger charge is -2.17. The number of fused-ring (bicyclic) bond motifs is 1. The molecule has 0 aliphatic rings. The van der Waals surface area contributed by atoms with Crippen LogP contribution in [0.25, 0.3) is 5.65 Å². The summed E-state index contributed by atoms with van der Waals surface area (Å²) in [6, 6.07) is 7.54. The van der Waals surface area contributed by atoms with E-state index in [9.17, 15) is 4.79 Å². The minimum absolute atomic E-state index is 0.106. The highest BCUT2D eigenvalue weighted by Crippen LogP contribution is 2.21. The van der Waals surface area contributed by atoms with Gasteiger partial charge in [-0.2, -0.15) is 5.10 Å². The van der Waals surface area contributed by atoms with Crippen molar-refractivity contribution in [2.75, 3.05) is 7.11 Å². The van der Waals surface area contributed by atoms with Crippen LogP contribution < -0.4 is 10.1 Å². The number of nitrogens with zero attached hydrogens (tertiary/aromatic N) is 3. The number of hydrogen-bond acceptors (Lipinski definition) is 4. The second-order valence-electron chi connectivity index (χ2n) is 5.31. The fourth-order valence-electron chi connectivity index (χ4n) is 2.51. The minimum atomic E-state index is -0.220. The van der Waals surface area contributed by atoms with E-state index < -0.39 is 0 Å². The summed E-state index contributed by atoms with van der Waals surface area (Å²) in [5.74, 6) is 0.561. The molecule has 1 amide bonds. The first-order chi connectivity index (χ1) is 11.6. The second kappa shape index (κ2) is 6.88. The molecule has 2 heterocycles. The van der Waals surface area contributed by atoms with E-state index in [1.807, 2.05) is 31.2 Å². The number of rotatable bonds is 5. The molecule has 0 aliphatic heterocycles. The first kappa shape index (κ1) is 16.3. The summed E-state index contributed by atoms with van der Waals surface area (Å²) in [7, 11) is 1.62. The molecule has 0 bridgehead atoms. The number of methoxy groups -OCH3 is 1. The average Bonchev–Trinajstić information content (AvgIpc) is 3.02. The maximum absolute atomic E-state index is 12.6. The molecule has 0 spiro atoms. The summed E-state index contributed by atoms with van der Waals surface area (Å²) < 4.78 is 6.65. The molecule has 124 valence electrons. The van der Waals surface area contributed by atoms with E-state index in [0.717, 1.165) is 17.7 Å². The molecule has 3 aromatic rings. The molecule has 24 heavy (non-hydrogen) atoms. The molecule has 1 atom stereocenters. The van der Waals surface area contributed by atoms with Crippen LogP contribution in [0.5, 0.6) is 5.75 Å². The molecular formula is C17H17ClN4O2. The summed E-state index contributed by atoms with van der Waals surface area (Å²) in [4.78, 5) is 16.8. The van der Waals surface area contributed by atoms with E-state index >= 15 is 0 Å². The van der Waals surface area contributed by atoms with Crippen molar-refractivity contribution in [2.24, 2.45) is 0 Å². The summed E-state index contributed by atoms with van der Waals surface area (Å²) in [5, 5.41) is 7.61. The summed E-state index contributed by atoms with van der Waals surface area (Å²) in [6.45, 7) is 2.02. The van der Waals surface area contributed by atoms with E-state index in [1.54, 1.807) is 13.3 Å². The van der Waals surface area contributed by atoms with Crippen LogP contribution in [-0.2, 0) is 0 Å². The lowest BCUT2D eigenvalue weighted by Crippen LogP contribution is -2.28. The Hall–Kier alpha value is -2.60. The smallest absolute Gasteiger partial charge is 0.257 e. The van der Waals surface area contributed by atoms with Crippen LogP contribution >= 0.6 is 11.6 Å². The van der Waals surface area contributed by atoms with Gasteiger partial charge < -0.3 is 10.1 Å². The van der Waals surface area contributed by atoms with Gasteiger partial charge in [-0.3, -0.25) is 4.79 Å². The Balaban J connectivity index is 1.82. The number of aromatic nitrogens is 3. The molecule has 1 unspecified atom stereocenters. The van der Waals surface area contributed by atoms with Crippen LogP contribution in [0.3, 0.4) is 0 Å². The third kappa shape index (κ3) is 3.19. The number of amides is 1. The van der Waals surface area contributed by atoms with E-state index in [0.29, 0.717) is 16.2 Å². The van der Waals surface area contributed by atoms with Crippen molar-refractivity contribution in [3.8, 4) is 5.75 Å². The quantitative estimate of drug-likeness (QED) is 0.771. The largest absolute Gasteiger partial charge is 0.497 e. The van der Waals surface area contributed by atoms with Crippen molar-refractivity contribution < 1.29 is 9.53 Å². The van der Waals surface area contributed by atoms with Crippen LogP contribution in [0, 0.1) is 0 Å². The molecule has 3 rings (SSSR count). The normalized spacial score (nSPS) is 12.1. The van der Waals surface area contributed by atoms with E-state index in [1.165, 1.54) is 16.9 Å². The molecule has 0 saturated carbocycles. The first-order valence-corrected chi connectivity index (χ1v) is 7.94. The number of nitrogens with one attached hydrogen (secondary N) is 1. The Labute approximate surface area is 144 Å². The molecule has 2 aromatic heterocycles. The predicted octanol–water partition coefficient (Wildman–Crippen LogP) is 3.27. The van der Waals surface area contributed by atoms with E-state index in [-0.39, 0.29) is 11.9 Å². The zero-order valence-corrected chi connectivity index (χ0v) is 14.1. The van der Waals surface area contributed by atoms with Crippen molar-refractivity contribution in [1.82, 2.24) is 19.9 Å². The number of carbonyl (C=O) groups is 1. The SMILES string of the molecule is CCC(NC(=O)c1cnn2cc(Cl)cnc12)c1ccc(OC)cc1.